The van der Waals surface area contributed by atoms with Gasteiger partial charge < -0.3 is 10.2 Å². The van der Waals surface area contributed by atoms with Gasteiger partial charge in [-0.15, -0.1) is 0 Å². The molecule has 0 saturated carbocycles. The number of hydrogen-bond acceptors (Lipinski definition) is 4. The first-order chi connectivity index (χ1) is 16.5. The lowest BCUT2D eigenvalue weighted by molar-refractivity contribution is -0.140. The van der Waals surface area contributed by atoms with Gasteiger partial charge in [-0.1, -0.05) is 62.2 Å². The van der Waals surface area contributed by atoms with Crippen LogP contribution in [0, 0.1) is 13.8 Å². The maximum atomic E-state index is 13.7. The van der Waals surface area contributed by atoms with Gasteiger partial charge in [0.2, 0.25) is 21.8 Å². The number of hydrogen-bond donors (Lipinski definition) is 1. The van der Waals surface area contributed by atoms with Crippen molar-refractivity contribution in [2.24, 2.45) is 0 Å². The zero-order valence-corrected chi connectivity index (χ0v) is 22.7. The summed E-state index contributed by atoms with van der Waals surface area (Å²) in [5.74, 6) is -0.708. The van der Waals surface area contributed by atoms with E-state index in [0.29, 0.717) is 23.7 Å². The van der Waals surface area contributed by atoms with Crippen LogP contribution in [0.5, 0.6) is 0 Å². The number of nitrogens with one attached hydrogen (secondary N) is 1. The van der Waals surface area contributed by atoms with Crippen LogP contribution in [0.25, 0.3) is 0 Å². The first kappa shape index (κ1) is 28.7. The Bertz CT molecular complexity index is 1140. The van der Waals surface area contributed by atoms with Crippen LogP contribution in [0.4, 0.5) is 5.69 Å². The van der Waals surface area contributed by atoms with Gasteiger partial charge in [0.05, 0.1) is 11.9 Å². The molecule has 0 aromatic heterocycles. The lowest BCUT2D eigenvalue weighted by Gasteiger charge is -2.33. The van der Waals surface area contributed by atoms with Gasteiger partial charge in [0, 0.05) is 18.1 Å². The minimum atomic E-state index is -3.80. The van der Waals surface area contributed by atoms with Gasteiger partial charge >= 0.3 is 0 Å². The Morgan fingerprint density at radius 1 is 1.06 bits per heavy atom. The average molecular weight is 522 g/mol. The van der Waals surface area contributed by atoms with E-state index in [0.717, 1.165) is 40.1 Å². The van der Waals surface area contributed by atoms with E-state index >= 15 is 0 Å². The molecule has 7 nitrogen and oxygen atoms in total. The van der Waals surface area contributed by atoms with E-state index in [4.69, 9.17) is 11.6 Å². The molecule has 0 aliphatic rings. The zero-order valence-electron chi connectivity index (χ0n) is 21.2. The average Bonchev–Trinajstić information content (AvgIpc) is 2.79. The Hall–Kier alpha value is -2.58. The third-order valence-corrected chi connectivity index (χ3v) is 7.49. The number of carbonyl (C=O) groups is 2. The van der Waals surface area contributed by atoms with Crippen molar-refractivity contribution in [2.75, 3.05) is 23.7 Å². The van der Waals surface area contributed by atoms with E-state index in [-0.39, 0.29) is 12.5 Å². The highest BCUT2D eigenvalue weighted by molar-refractivity contribution is 7.92. The number of rotatable bonds is 12. The summed E-state index contributed by atoms with van der Waals surface area (Å²) in [6, 6.07) is 11.8. The summed E-state index contributed by atoms with van der Waals surface area (Å²) < 4.78 is 26.4. The van der Waals surface area contributed by atoms with Crippen molar-refractivity contribution in [1.82, 2.24) is 10.2 Å². The highest BCUT2D eigenvalue weighted by atomic mass is 35.5. The molecule has 0 heterocycles. The number of anilines is 1. The van der Waals surface area contributed by atoms with E-state index in [2.05, 4.69) is 5.32 Å². The summed E-state index contributed by atoms with van der Waals surface area (Å²) in [5.41, 5.74) is 2.97. The highest BCUT2D eigenvalue weighted by Gasteiger charge is 2.32. The van der Waals surface area contributed by atoms with Gasteiger partial charge in [-0.2, -0.15) is 0 Å². The van der Waals surface area contributed by atoms with Crippen molar-refractivity contribution in [2.45, 2.75) is 59.5 Å². The summed E-state index contributed by atoms with van der Waals surface area (Å²) in [4.78, 5) is 28.2. The smallest absolute Gasteiger partial charge is 0.244 e. The van der Waals surface area contributed by atoms with Crippen LogP contribution in [0.1, 0.15) is 49.8 Å². The van der Waals surface area contributed by atoms with E-state index in [1.54, 1.807) is 12.1 Å². The molecule has 0 saturated heterocycles. The fourth-order valence-electron chi connectivity index (χ4n) is 3.75. The summed E-state index contributed by atoms with van der Waals surface area (Å²) in [5, 5.41) is 3.32. The van der Waals surface area contributed by atoms with E-state index in [1.807, 2.05) is 52.0 Å². The second-order valence-electron chi connectivity index (χ2n) is 8.72. The minimum Gasteiger partial charge on any atom is -0.354 e. The molecule has 0 aliphatic heterocycles. The molecule has 0 spiro atoms. The Morgan fingerprint density at radius 2 is 1.74 bits per heavy atom. The van der Waals surface area contributed by atoms with E-state index in [9.17, 15) is 18.0 Å². The molecule has 0 unspecified atom stereocenters. The summed E-state index contributed by atoms with van der Waals surface area (Å²) in [7, 11) is -3.80. The fraction of sp³-hybridized carbons (Fsp3) is 0.462. The third-order valence-electron chi connectivity index (χ3n) is 5.94. The number of benzene rings is 2. The molecule has 35 heavy (non-hydrogen) atoms. The predicted octanol–water partition coefficient (Wildman–Crippen LogP) is 4.45. The van der Waals surface area contributed by atoms with Crippen LogP contribution in [0.2, 0.25) is 5.02 Å². The highest BCUT2D eigenvalue weighted by Crippen LogP contribution is 2.25. The van der Waals surface area contributed by atoms with E-state index in [1.165, 1.54) is 11.0 Å². The Kier molecular flexibility index (Phi) is 10.6. The quantitative estimate of drug-likeness (QED) is 0.418. The van der Waals surface area contributed by atoms with E-state index < -0.39 is 28.5 Å². The maximum Gasteiger partial charge on any atom is 0.244 e. The molecule has 2 aromatic carbocycles. The maximum absolute atomic E-state index is 13.7. The molecule has 0 bridgehead atoms. The number of sulfonamides is 1. The third kappa shape index (κ3) is 7.97. The minimum absolute atomic E-state index is 0.192. The number of carbonyl (C=O) groups excluding carboxylic acids is 2. The molecule has 2 amide bonds. The SMILES string of the molecule is CCCCNC(=O)[C@H](CC)N(Cc1ccccc1C)C(=O)CN(c1ccc(C)c(Cl)c1)S(C)(=O)=O. The molecular weight excluding hydrogens is 486 g/mol. The van der Waals surface area contributed by atoms with Crippen LogP contribution in [-0.2, 0) is 26.2 Å². The molecule has 2 rings (SSSR count). The first-order valence-electron chi connectivity index (χ1n) is 11.8. The Balaban J connectivity index is 2.43. The summed E-state index contributed by atoms with van der Waals surface area (Å²) in [6.07, 6.45) is 3.22. The lowest BCUT2D eigenvalue weighted by Crippen LogP contribution is -2.52. The zero-order chi connectivity index (χ0) is 26.2. The number of aryl methyl sites for hydroxylation is 2. The molecular formula is C26H36ClN3O4S. The molecule has 0 fully saturated rings. The van der Waals surface area contributed by atoms with Gasteiger partial charge in [0.25, 0.3) is 0 Å². The van der Waals surface area contributed by atoms with Gasteiger partial charge in [-0.3, -0.25) is 13.9 Å². The monoisotopic (exact) mass is 521 g/mol. The summed E-state index contributed by atoms with van der Waals surface area (Å²) in [6.45, 7) is 7.91. The van der Waals surface area contributed by atoms with Gasteiger partial charge in [-0.25, -0.2) is 8.42 Å². The number of nitrogens with zero attached hydrogens (tertiary/aromatic N) is 2. The van der Waals surface area contributed by atoms with Crippen LogP contribution in [0.3, 0.4) is 0 Å². The first-order valence-corrected chi connectivity index (χ1v) is 14.1. The Morgan fingerprint density at radius 3 is 2.31 bits per heavy atom. The van der Waals surface area contributed by atoms with Crippen molar-refractivity contribution in [3.05, 3.63) is 64.2 Å². The lowest BCUT2D eigenvalue weighted by atomic mass is 10.1. The molecule has 0 aliphatic carbocycles. The molecule has 2 aromatic rings. The van der Waals surface area contributed by atoms with Crippen molar-refractivity contribution < 1.29 is 18.0 Å². The Labute approximate surface area is 214 Å². The molecule has 192 valence electrons. The molecule has 1 N–H and O–H groups in total. The summed E-state index contributed by atoms with van der Waals surface area (Å²) >= 11 is 6.24. The van der Waals surface area contributed by atoms with Crippen LogP contribution < -0.4 is 9.62 Å². The van der Waals surface area contributed by atoms with Crippen LogP contribution >= 0.6 is 11.6 Å². The van der Waals surface area contributed by atoms with Crippen LogP contribution in [-0.4, -0.2) is 50.5 Å². The molecule has 9 heteroatoms. The number of amides is 2. The molecule has 1 atom stereocenters. The number of unbranched alkanes of at least 4 members (excludes halogenated alkanes) is 1. The van der Waals surface area contributed by atoms with Crippen LogP contribution in [0.15, 0.2) is 42.5 Å². The number of halogens is 1. The predicted molar refractivity (Wildman–Crippen MR) is 142 cm³/mol. The topological polar surface area (TPSA) is 86.8 Å². The van der Waals surface area contributed by atoms with Gasteiger partial charge in [-0.05, 0) is 55.5 Å². The van der Waals surface area contributed by atoms with Crippen molar-refractivity contribution in [1.29, 1.82) is 0 Å². The molecule has 0 radical (unpaired) electrons. The van der Waals surface area contributed by atoms with Crippen molar-refractivity contribution in [3.8, 4) is 0 Å². The van der Waals surface area contributed by atoms with Crippen molar-refractivity contribution >= 4 is 39.1 Å². The second kappa shape index (κ2) is 12.9. The van der Waals surface area contributed by atoms with Crippen molar-refractivity contribution in [3.63, 3.8) is 0 Å². The normalized spacial score (nSPS) is 12.2. The van der Waals surface area contributed by atoms with Gasteiger partial charge in [0.15, 0.2) is 0 Å². The largest absolute Gasteiger partial charge is 0.354 e. The fourth-order valence-corrected chi connectivity index (χ4v) is 4.76. The van der Waals surface area contributed by atoms with Gasteiger partial charge in [0.1, 0.15) is 12.6 Å². The second-order valence-corrected chi connectivity index (χ2v) is 11.0. The standard InChI is InChI=1S/C26H36ClN3O4S/c1-6-8-15-28-26(32)24(7-2)29(17-21-12-10-9-11-19(21)3)25(31)18-30(35(5,33)34)22-14-13-20(4)23(27)16-22/h9-14,16,24H,6-8,15,17-18H2,1-5H3,(H,28,32)/t24-/m0/s1.